The molecular weight excluding hydrogens is 332 g/mol. The molecule has 0 bridgehead atoms. The molecule has 1 unspecified atom stereocenters. The number of rotatable bonds is 6. The zero-order chi connectivity index (χ0) is 18.4. The maximum Gasteiger partial charge on any atom is 0.407 e. The molecular formula is C20H22N2O4. The van der Waals surface area contributed by atoms with Crippen LogP contribution in [-0.4, -0.2) is 36.6 Å². The Morgan fingerprint density at radius 3 is 2.54 bits per heavy atom. The summed E-state index contributed by atoms with van der Waals surface area (Å²) in [5, 5.41) is 2.77. The highest BCUT2D eigenvalue weighted by Gasteiger charge is 2.30. The van der Waals surface area contributed by atoms with Crippen LogP contribution in [0.25, 0.3) is 0 Å². The van der Waals surface area contributed by atoms with Crippen molar-refractivity contribution < 1.29 is 19.1 Å². The lowest BCUT2D eigenvalue weighted by atomic mass is 10.2. The van der Waals surface area contributed by atoms with E-state index in [2.05, 4.69) is 5.32 Å². The molecule has 6 nitrogen and oxygen atoms in total. The fraction of sp³-hybridized carbons (Fsp3) is 0.300. The molecule has 1 N–H and O–H groups in total. The Labute approximate surface area is 152 Å². The number of benzene rings is 2. The number of likely N-dealkylation sites (tertiary alicyclic amines) is 1. The van der Waals surface area contributed by atoms with Gasteiger partial charge in [-0.3, -0.25) is 4.79 Å². The summed E-state index contributed by atoms with van der Waals surface area (Å²) in [6, 6.07) is 16.8. The largest absolute Gasteiger partial charge is 0.497 e. The Hall–Kier alpha value is -3.02. The molecule has 2 aromatic carbocycles. The summed E-state index contributed by atoms with van der Waals surface area (Å²) < 4.78 is 10.3. The molecule has 136 valence electrons. The molecule has 0 saturated carbocycles. The fourth-order valence-corrected chi connectivity index (χ4v) is 2.90. The van der Waals surface area contributed by atoms with E-state index in [1.807, 2.05) is 54.6 Å². The second kappa shape index (κ2) is 8.38. The van der Waals surface area contributed by atoms with Crippen LogP contribution in [0.2, 0.25) is 0 Å². The van der Waals surface area contributed by atoms with Gasteiger partial charge < -0.3 is 19.7 Å². The molecule has 1 aliphatic rings. The highest BCUT2D eigenvalue weighted by molar-refractivity contribution is 5.80. The van der Waals surface area contributed by atoms with Gasteiger partial charge in [0.25, 0.3) is 0 Å². The van der Waals surface area contributed by atoms with Gasteiger partial charge in [-0.15, -0.1) is 0 Å². The second-order valence-corrected chi connectivity index (χ2v) is 6.23. The summed E-state index contributed by atoms with van der Waals surface area (Å²) in [5.41, 5.74) is 1.94. The van der Waals surface area contributed by atoms with Crippen molar-refractivity contribution in [2.75, 3.05) is 13.7 Å². The molecule has 3 rings (SSSR count). The van der Waals surface area contributed by atoms with Crippen molar-refractivity contribution >= 4 is 12.0 Å². The third-order valence-corrected chi connectivity index (χ3v) is 4.28. The Kier molecular flexibility index (Phi) is 5.73. The van der Waals surface area contributed by atoms with Gasteiger partial charge in [0.2, 0.25) is 5.91 Å². The van der Waals surface area contributed by atoms with Gasteiger partial charge in [-0.2, -0.15) is 0 Å². The van der Waals surface area contributed by atoms with Gasteiger partial charge in [0.15, 0.2) is 0 Å². The van der Waals surface area contributed by atoms with E-state index in [1.165, 1.54) is 0 Å². The van der Waals surface area contributed by atoms with Crippen molar-refractivity contribution in [3.63, 3.8) is 0 Å². The van der Waals surface area contributed by atoms with Crippen LogP contribution >= 0.6 is 0 Å². The Balaban J connectivity index is 1.46. The quantitative estimate of drug-likeness (QED) is 0.866. The maximum atomic E-state index is 12.2. The van der Waals surface area contributed by atoms with Gasteiger partial charge in [-0.1, -0.05) is 42.5 Å². The highest BCUT2D eigenvalue weighted by atomic mass is 16.5. The lowest BCUT2D eigenvalue weighted by molar-refractivity contribution is -0.128. The number of alkyl carbamates (subject to hydrolysis) is 1. The van der Waals surface area contributed by atoms with E-state index < -0.39 is 6.09 Å². The average molecular weight is 354 g/mol. The van der Waals surface area contributed by atoms with Gasteiger partial charge >= 0.3 is 6.09 Å². The number of hydrogen-bond donors (Lipinski definition) is 1. The summed E-state index contributed by atoms with van der Waals surface area (Å²) in [6.07, 6.45) is -0.214. The predicted octanol–water partition coefficient (Wildman–Crippen LogP) is 2.72. The molecule has 1 fully saturated rings. The van der Waals surface area contributed by atoms with Crippen LogP contribution in [0.1, 0.15) is 17.5 Å². The minimum Gasteiger partial charge on any atom is -0.497 e. The van der Waals surface area contributed by atoms with Gasteiger partial charge in [-0.25, -0.2) is 4.79 Å². The van der Waals surface area contributed by atoms with Crippen LogP contribution in [0, 0.1) is 0 Å². The van der Waals surface area contributed by atoms with Crippen molar-refractivity contribution in [1.82, 2.24) is 10.2 Å². The third-order valence-electron chi connectivity index (χ3n) is 4.28. The minimum absolute atomic E-state index is 0.0224. The molecule has 0 aliphatic carbocycles. The molecule has 2 aromatic rings. The zero-order valence-electron chi connectivity index (χ0n) is 14.7. The molecule has 2 amide bonds. The highest BCUT2D eigenvalue weighted by Crippen LogP contribution is 2.17. The molecule has 0 aromatic heterocycles. The monoisotopic (exact) mass is 354 g/mol. The van der Waals surface area contributed by atoms with Crippen LogP contribution in [-0.2, 0) is 22.7 Å². The average Bonchev–Trinajstić information content (AvgIpc) is 3.00. The van der Waals surface area contributed by atoms with Crippen molar-refractivity contribution in [2.24, 2.45) is 0 Å². The molecule has 1 saturated heterocycles. The number of nitrogens with one attached hydrogen (secondary N) is 1. The molecule has 26 heavy (non-hydrogen) atoms. The summed E-state index contributed by atoms with van der Waals surface area (Å²) in [5.74, 6) is 0.802. The number of amides is 2. The van der Waals surface area contributed by atoms with Gasteiger partial charge in [0, 0.05) is 19.5 Å². The lowest BCUT2D eigenvalue weighted by Crippen LogP contribution is -2.37. The molecule has 1 atom stereocenters. The van der Waals surface area contributed by atoms with Gasteiger partial charge in [0.05, 0.1) is 13.2 Å². The van der Waals surface area contributed by atoms with Crippen LogP contribution < -0.4 is 10.1 Å². The minimum atomic E-state index is -0.502. The molecule has 0 spiro atoms. The number of nitrogens with zero attached hydrogens (tertiary/aromatic N) is 1. The Bertz CT molecular complexity index is 746. The standard InChI is InChI=1S/C20H22N2O4/c1-25-18-9-7-15(8-10-18)12-22-13-17(11-19(22)23)21-20(24)26-14-16-5-3-2-4-6-16/h2-10,17H,11-14H2,1H3,(H,21,24). The summed E-state index contributed by atoms with van der Waals surface area (Å²) in [6.45, 7) is 1.20. The number of carbonyl (C=O) groups is 2. The normalized spacial score (nSPS) is 16.4. The molecule has 1 aliphatic heterocycles. The van der Waals surface area contributed by atoms with Crippen LogP contribution in [0.15, 0.2) is 54.6 Å². The van der Waals surface area contributed by atoms with E-state index in [4.69, 9.17) is 9.47 Å². The smallest absolute Gasteiger partial charge is 0.407 e. The van der Waals surface area contributed by atoms with Crippen LogP contribution in [0.3, 0.4) is 0 Å². The van der Waals surface area contributed by atoms with Crippen molar-refractivity contribution in [1.29, 1.82) is 0 Å². The molecule has 0 radical (unpaired) electrons. The van der Waals surface area contributed by atoms with E-state index in [9.17, 15) is 9.59 Å². The second-order valence-electron chi connectivity index (χ2n) is 6.23. The molecule has 1 heterocycles. The lowest BCUT2D eigenvalue weighted by Gasteiger charge is -2.17. The Morgan fingerprint density at radius 1 is 1.12 bits per heavy atom. The number of methoxy groups -OCH3 is 1. The topological polar surface area (TPSA) is 67.9 Å². The van der Waals surface area contributed by atoms with Crippen molar-refractivity contribution in [2.45, 2.75) is 25.6 Å². The van der Waals surface area contributed by atoms with E-state index in [0.717, 1.165) is 16.9 Å². The Morgan fingerprint density at radius 2 is 1.85 bits per heavy atom. The van der Waals surface area contributed by atoms with E-state index in [1.54, 1.807) is 12.0 Å². The maximum absolute atomic E-state index is 12.2. The summed E-state index contributed by atoms with van der Waals surface area (Å²) in [4.78, 5) is 25.9. The number of hydrogen-bond acceptors (Lipinski definition) is 4. The first-order chi connectivity index (χ1) is 12.6. The zero-order valence-corrected chi connectivity index (χ0v) is 14.7. The predicted molar refractivity (Wildman–Crippen MR) is 96.6 cm³/mol. The number of carbonyl (C=O) groups excluding carboxylic acids is 2. The summed E-state index contributed by atoms with van der Waals surface area (Å²) >= 11 is 0. The first-order valence-corrected chi connectivity index (χ1v) is 8.52. The van der Waals surface area contributed by atoms with Crippen molar-refractivity contribution in [3.8, 4) is 5.75 Å². The van der Waals surface area contributed by atoms with Crippen LogP contribution in [0.5, 0.6) is 5.75 Å². The van der Waals surface area contributed by atoms with E-state index >= 15 is 0 Å². The third kappa shape index (κ3) is 4.75. The SMILES string of the molecule is COc1ccc(CN2CC(NC(=O)OCc3ccccc3)CC2=O)cc1. The van der Waals surface area contributed by atoms with Crippen LogP contribution in [0.4, 0.5) is 4.79 Å². The van der Waals surface area contributed by atoms with Crippen molar-refractivity contribution in [3.05, 3.63) is 65.7 Å². The number of ether oxygens (including phenoxy) is 2. The van der Waals surface area contributed by atoms with Gasteiger partial charge in [0.1, 0.15) is 12.4 Å². The van der Waals surface area contributed by atoms with E-state index in [0.29, 0.717) is 13.1 Å². The van der Waals surface area contributed by atoms with Gasteiger partial charge in [-0.05, 0) is 23.3 Å². The van der Waals surface area contributed by atoms with E-state index in [-0.39, 0.29) is 25.0 Å². The first-order valence-electron chi connectivity index (χ1n) is 8.52. The fourth-order valence-electron chi connectivity index (χ4n) is 2.90. The molecule has 6 heteroatoms. The first kappa shape index (κ1) is 17.8. The summed E-state index contributed by atoms with van der Waals surface area (Å²) in [7, 11) is 1.62.